The van der Waals surface area contributed by atoms with Gasteiger partial charge in [-0.3, -0.25) is 9.69 Å². The maximum atomic E-state index is 11.7. The van der Waals surface area contributed by atoms with Gasteiger partial charge in [0.2, 0.25) is 0 Å². The van der Waals surface area contributed by atoms with Gasteiger partial charge in [-0.25, -0.2) is 0 Å². The molecule has 0 aliphatic carbocycles. The molecule has 1 aromatic heterocycles. The number of hydrogen-bond acceptors (Lipinski definition) is 4. The number of rotatable bonds is 4. The Balaban J connectivity index is 1.77. The van der Waals surface area contributed by atoms with E-state index in [0.29, 0.717) is 10.8 Å². The number of thiophene rings is 1. The molecule has 22 heavy (non-hydrogen) atoms. The van der Waals surface area contributed by atoms with Gasteiger partial charge in [0, 0.05) is 24.5 Å². The predicted molar refractivity (Wildman–Crippen MR) is 89.4 cm³/mol. The van der Waals surface area contributed by atoms with E-state index in [2.05, 4.69) is 43.0 Å². The van der Waals surface area contributed by atoms with E-state index in [1.54, 1.807) is 0 Å². The van der Waals surface area contributed by atoms with E-state index in [-0.39, 0.29) is 5.78 Å². The predicted octanol–water partition coefficient (Wildman–Crippen LogP) is 3.35. The Hall–Kier alpha value is -1.49. The quantitative estimate of drug-likeness (QED) is 0.880. The molecule has 3 nitrogen and oxygen atoms in total. The van der Waals surface area contributed by atoms with Gasteiger partial charge in [0.1, 0.15) is 6.61 Å². The Kier molecular flexibility index (Phi) is 4.43. The normalized spacial score (nSPS) is 18.2. The van der Waals surface area contributed by atoms with Crippen molar-refractivity contribution in [1.29, 1.82) is 0 Å². The molecule has 116 valence electrons. The second kappa shape index (κ2) is 6.32. The molecule has 0 saturated carbocycles. The van der Waals surface area contributed by atoms with E-state index in [9.17, 15) is 4.79 Å². The number of carbonyl (C=O) groups is 1. The zero-order chi connectivity index (χ0) is 15.7. The van der Waals surface area contributed by atoms with Gasteiger partial charge >= 0.3 is 0 Å². The summed E-state index contributed by atoms with van der Waals surface area (Å²) in [6, 6.07) is 10.6. The standard InChI is InChI=1S/C18H21NO2S/c1-12-3-5-14(6-4-12)9-19-8-13(2)15-7-17(16(21)11-20)22-18(15)10-19/h3-7,13,20H,8-11H2,1-2H3. The van der Waals surface area contributed by atoms with Crippen LogP contribution >= 0.6 is 11.3 Å². The van der Waals surface area contributed by atoms with Crippen LogP contribution in [-0.4, -0.2) is 28.9 Å². The molecule has 0 spiro atoms. The summed E-state index contributed by atoms with van der Waals surface area (Å²) in [5.74, 6) is 0.252. The molecule has 1 aliphatic rings. The van der Waals surface area contributed by atoms with Crippen molar-refractivity contribution in [3.8, 4) is 0 Å². The smallest absolute Gasteiger partial charge is 0.198 e. The van der Waals surface area contributed by atoms with E-state index in [1.807, 2.05) is 6.07 Å². The maximum absolute atomic E-state index is 11.7. The number of hydrogen-bond donors (Lipinski definition) is 1. The van der Waals surface area contributed by atoms with Gasteiger partial charge in [-0.2, -0.15) is 0 Å². The van der Waals surface area contributed by atoms with Crippen molar-refractivity contribution < 1.29 is 9.90 Å². The first-order valence-corrected chi connectivity index (χ1v) is 8.43. The maximum Gasteiger partial charge on any atom is 0.198 e. The minimum absolute atomic E-state index is 0.170. The van der Waals surface area contributed by atoms with E-state index in [4.69, 9.17) is 5.11 Å². The summed E-state index contributed by atoms with van der Waals surface area (Å²) in [6.07, 6.45) is 0. The fourth-order valence-corrected chi connectivity index (χ4v) is 4.28. The molecular weight excluding hydrogens is 294 g/mol. The van der Waals surface area contributed by atoms with Gasteiger partial charge in [-0.15, -0.1) is 11.3 Å². The number of aliphatic hydroxyl groups excluding tert-OH is 1. The lowest BCUT2D eigenvalue weighted by Crippen LogP contribution is -2.31. The molecule has 0 amide bonds. The largest absolute Gasteiger partial charge is 0.388 e. The molecule has 0 radical (unpaired) electrons. The van der Waals surface area contributed by atoms with Crippen molar-refractivity contribution >= 4 is 17.1 Å². The Morgan fingerprint density at radius 2 is 2.09 bits per heavy atom. The Labute approximate surface area is 135 Å². The SMILES string of the molecule is Cc1ccc(CN2Cc3sc(C(=O)CO)cc3C(C)C2)cc1. The van der Waals surface area contributed by atoms with Crippen LogP contribution in [0.2, 0.25) is 0 Å². The fourth-order valence-electron chi connectivity index (χ4n) is 3.02. The van der Waals surface area contributed by atoms with Crippen LogP contribution in [0, 0.1) is 6.92 Å². The number of fused-ring (bicyclic) bond motifs is 1. The van der Waals surface area contributed by atoms with Crippen LogP contribution in [0.5, 0.6) is 0 Å². The molecule has 4 heteroatoms. The summed E-state index contributed by atoms with van der Waals surface area (Å²) < 4.78 is 0. The molecule has 2 aromatic rings. The third-order valence-corrected chi connectivity index (χ3v) is 5.39. The Bertz CT molecular complexity index is 675. The molecular formula is C18H21NO2S. The van der Waals surface area contributed by atoms with Crippen LogP contribution in [0.4, 0.5) is 0 Å². The fraction of sp³-hybridized carbons (Fsp3) is 0.389. The molecule has 2 heterocycles. The summed E-state index contributed by atoms with van der Waals surface area (Å²) >= 11 is 1.54. The van der Waals surface area contributed by atoms with Crippen LogP contribution < -0.4 is 0 Å². The lowest BCUT2D eigenvalue weighted by molar-refractivity contribution is 0.0908. The second-order valence-electron chi connectivity index (χ2n) is 6.13. The Morgan fingerprint density at radius 1 is 1.36 bits per heavy atom. The molecule has 0 bridgehead atoms. The first kappa shape index (κ1) is 15.4. The van der Waals surface area contributed by atoms with Gasteiger partial charge in [0.05, 0.1) is 4.88 Å². The summed E-state index contributed by atoms with van der Waals surface area (Å²) in [5, 5.41) is 9.03. The van der Waals surface area contributed by atoms with Gasteiger partial charge in [0.25, 0.3) is 0 Å². The highest BCUT2D eigenvalue weighted by Crippen LogP contribution is 2.35. The average Bonchev–Trinajstić information content (AvgIpc) is 2.93. The van der Waals surface area contributed by atoms with Gasteiger partial charge < -0.3 is 5.11 Å². The van der Waals surface area contributed by atoms with E-state index >= 15 is 0 Å². The molecule has 0 fully saturated rings. The number of aliphatic hydroxyl groups is 1. The van der Waals surface area contributed by atoms with Crippen LogP contribution in [-0.2, 0) is 13.1 Å². The average molecular weight is 315 g/mol. The van der Waals surface area contributed by atoms with Crippen molar-refractivity contribution in [2.24, 2.45) is 0 Å². The van der Waals surface area contributed by atoms with Crippen LogP contribution in [0.25, 0.3) is 0 Å². The summed E-state index contributed by atoms with van der Waals surface area (Å²) in [7, 11) is 0. The third-order valence-electron chi connectivity index (χ3n) is 4.22. The topological polar surface area (TPSA) is 40.5 Å². The molecule has 1 atom stereocenters. The zero-order valence-corrected chi connectivity index (χ0v) is 13.8. The highest BCUT2D eigenvalue weighted by molar-refractivity contribution is 7.14. The van der Waals surface area contributed by atoms with Crippen LogP contribution in [0.1, 0.15) is 44.1 Å². The molecule has 1 N–H and O–H groups in total. The summed E-state index contributed by atoms with van der Waals surface area (Å²) in [5.41, 5.74) is 3.88. The van der Waals surface area contributed by atoms with Crippen molar-refractivity contribution in [2.75, 3.05) is 13.2 Å². The number of carbonyl (C=O) groups excluding carboxylic acids is 1. The van der Waals surface area contributed by atoms with Gasteiger partial charge in [-0.1, -0.05) is 36.8 Å². The number of nitrogens with zero attached hydrogens (tertiary/aromatic N) is 1. The lowest BCUT2D eigenvalue weighted by Gasteiger charge is -2.31. The molecule has 1 aromatic carbocycles. The van der Waals surface area contributed by atoms with E-state index in [1.165, 1.54) is 32.9 Å². The molecule has 1 unspecified atom stereocenters. The number of benzene rings is 1. The molecule has 0 saturated heterocycles. The number of Topliss-reactive ketones (excluding diaryl/α,β-unsaturated/α-hetero) is 1. The highest BCUT2D eigenvalue weighted by Gasteiger charge is 2.26. The summed E-state index contributed by atoms with van der Waals surface area (Å²) in [6.45, 7) is 6.73. The van der Waals surface area contributed by atoms with E-state index in [0.717, 1.165) is 19.6 Å². The Morgan fingerprint density at radius 3 is 2.77 bits per heavy atom. The van der Waals surface area contributed by atoms with Crippen molar-refractivity contribution in [2.45, 2.75) is 32.9 Å². The minimum Gasteiger partial charge on any atom is -0.388 e. The first-order valence-electron chi connectivity index (χ1n) is 7.61. The number of aryl methyl sites for hydroxylation is 1. The van der Waals surface area contributed by atoms with E-state index < -0.39 is 6.61 Å². The van der Waals surface area contributed by atoms with Crippen LogP contribution in [0.15, 0.2) is 30.3 Å². The highest BCUT2D eigenvalue weighted by atomic mass is 32.1. The summed E-state index contributed by atoms with van der Waals surface area (Å²) in [4.78, 5) is 16.1. The number of ketones is 1. The third kappa shape index (κ3) is 3.14. The zero-order valence-electron chi connectivity index (χ0n) is 13.0. The monoisotopic (exact) mass is 315 g/mol. The second-order valence-corrected chi connectivity index (χ2v) is 7.26. The van der Waals surface area contributed by atoms with Crippen LogP contribution in [0.3, 0.4) is 0 Å². The lowest BCUT2D eigenvalue weighted by atomic mass is 9.96. The van der Waals surface area contributed by atoms with Crippen molar-refractivity contribution in [1.82, 2.24) is 4.90 Å². The molecule has 3 rings (SSSR count). The molecule has 1 aliphatic heterocycles. The first-order chi connectivity index (χ1) is 10.6. The van der Waals surface area contributed by atoms with Crippen molar-refractivity contribution in [3.05, 3.63) is 56.8 Å². The van der Waals surface area contributed by atoms with Gasteiger partial charge in [0.15, 0.2) is 5.78 Å². The minimum atomic E-state index is -0.402. The van der Waals surface area contributed by atoms with Crippen molar-refractivity contribution in [3.63, 3.8) is 0 Å². The van der Waals surface area contributed by atoms with Gasteiger partial charge in [-0.05, 0) is 30.0 Å².